The molecule has 0 unspecified atom stereocenters. The molecule has 0 spiro atoms. The van der Waals surface area contributed by atoms with Crippen molar-refractivity contribution < 1.29 is 5.11 Å². The number of rotatable bonds is 22. The van der Waals surface area contributed by atoms with Crippen LogP contribution in [0.4, 0.5) is 0 Å². The van der Waals surface area contributed by atoms with E-state index >= 15 is 0 Å². The van der Waals surface area contributed by atoms with E-state index in [1.54, 1.807) is 0 Å². The summed E-state index contributed by atoms with van der Waals surface area (Å²) < 4.78 is 0. The van der Waals surface area contributed by atoms with Crippen molar-refractivity contribution in [1.82, 2.24) is 4.90 Å². The van der Waals surface area contributed by atoms with Crippen LogP contribution in [0.1, 0.15) is 117 Å². The molecule has 0 radical (unpaired) electrons. The lowest BCUT2D eigenvalue weighted by molar-refractivity contribution is 0.190. The lowest BCUT2D eigenvalue weighted by atomic mass is 10.1. The Labute approximate surface area is 177 Å². The molecule has 0 aromatic heterocycles. The summed E-state index contributed by atoms with van der Waals surface area (Å²) >= 11 is 0. The lowest BCUT2D eigenvalue weighted by Gasteiger charge is -2.21. The standard InChI is InChI=1S/C26H51NO/c1-3-5-7-9-11-13-15-17-19-21-23-27(25-26-28)24-22-20-18-16-14-12-10-8-6-4-2/h11-14,28H,3-10,15-26H2,1-2H3/b13-11-,14-12-. The van der Waals surface area contributed by atoms with Crippen LogP contribution in [0.5, 0.6) is 0 Å². The van der Waals surface area contributed by atoms with Gasteiger partial charge in [0, 0.05) is 6.54 Å². The molecule has 0 heterocycles. The highest BCUT2D eigenvalue weighted by molar-refractivity contribution is 4.82. The molecule has 0 aliphatic heterocycles. The third kappa shape index (κ3) is 21.7. The van der Waals surface area contributed by atoms with Gasteiger partial charge in [-0.3, -0.25) is 0 Å². The Kier molecular flexibility index (Phi) is 23.9. The molecule has 0 saturated carbocycles. The Morgan fingerprint density at radius 2 is 0.893 bits per heavy atom. The minimum Gasteiger partial charge on any atom is -0.395 e. The maximum absolute atomic E-state index is 9.30. The normalized spacial score (nSPS) is 12.1. The van der Waals surface area contributed by atoms with Crippen LogP contribution in [0, 0.1) is 0 Å². The van der Waals surface area contributed by atoms with Gasteiger partial charge in [0.05, 0.1) is 6.61 Å². The van der Waals surface area contributed by atoms with Crippen LogP contribution in [0.2, 0.25) is 0 Å². The number of nitrogens with zero attached hydrogens (tertiary/aromatic N) is 1. The van der Waals surface area contributed by atoms with Gasteiger partial charge >= 0.3 is 0 Å². The van der Waals surface area contributed by atoms with Crippen molar-refractivity contribution in [2.45, 2.75) is 117 Å². The van der Waals surface area contributed by atoms with E-state index in [1.165, 1.54) is 103 Å². The van der Waals surface area contributed by atoms with Crippen molar-refractivity contribution in [3.8, 4) is 0 Å². The van der Waals surface area contributed by atoms with Crippen molar-refractivity contribution in [3.05, 3.63) is 24.3 Å². The third-order valence-corrected chi connectivity index (χ3v) is 5.39. The number of unbranched alkanes of at least 4 members (excludes halogenated alkanes) is 12. The largest absolute Gasteiger partial charge is 0.395 e. The lowest BCUT2D eigenvalue weighted by Crippen LogP contribution is -2.29. The van der Waals surface area contributed by atoms with E-state index < -0.39 is 0 Å². The maximum atomic E-state index is 9.30. The SMILES string of the molecule is CCCCC/C=C\CCCCCN(CCO)CCCCC/C=C\CCCCC. The predicted molar refractivity (Wildman–Crippen MR) is 127 cm³/mol. The summed E-state index contributed by atoms with van der Waals surface area (Å²) in [5.74, 6) is 0. The van der Waals surface area contributed by atoms with Gasteiger partial charge in [0.15, 0.2) is 0 Å². The fourth-order valence-electron chi connectivity index (χ4n) is 3.52. The third-order valence-electron chi connectivity index (χ3n) is 5.39. The second-order valence-electron chi connectivity index (χ2n) is 8.20. The van der Waals surface area contributed by atoms with Crippen LogP contribution < -0.4 is 0 Å². The van der Waals surface area contributed by atoms with E-state index in [0.717, 1.165) is 19.6 Å². The summed E-state index contributed by atoms with van der Waals surface area (Å²) in [6, 6.07) is 0. The Morgan fingerprint density at radius 3 is 1.25 bits per heavy atom. The first-order valence-electron chi connectivity index (χ1n) is 12.5. The minimum atomic E-state index is 0.293. The molecule has 0 rings (SSSR count). The highest BCUT2D eigenvalue weighted by Gasteiger charge is 2.03. The number of hydrogen-bond donors (Lipinski definition) is 1. The number of hydrogen-bond acceptors (Lipinski definition) is 2. The zero-order valence-electron chi connectivity index (χ0n) is 19.3. The average molecular weight is 394 g/mol. The van der Waals surface area contributed by atoms with E-state index in [1.807, 2.05) is 0 Å². The van der Waals surface area contributed by atoms with Crippen molar-refractivity contribution in [1.29, 1.82) is 0 Å². The zero-order valence-corrected chi connectivity index (χ0v) is 19.3. The number of allylic oxidation sites excluding steroid dienone is 4. The monoisotopic (exact) mass is 393 g/mol. The van der Waals surface area contributed by atoms with E-state index in [2.05, 4.69) is 43.1 Å². The predicted octanol–water partition coefficient (Wildman–Crippen LogP) is 7.67. The van der Waals surface area contributed by atoms with Crippen molar-refractivity contribution in [2.24, 2.45) is 0 Å². The zero-order chi connectivity index (χ0) is 20.5. The number of aliphatic hydroxyl groups is 1. The summed E-state index contributed by atoms with van der Waals surface area (Å²) in [4.78, 5) is 2.46. The Bertz CT molecular complexity index is 307. The van der Waals surface area contributed by atoms with Gasteiger partial charge in [-0.05, 0) is 77.3 Å². The van der Waals surface area contributed by atoms with Gasteiger partial charge < -0.3 is 10.0 Å². The number of aliphatic hydroxyl groups excluding tert-OH is 1. The summed E-state index contributed by atoms with van der Waals surface area (Å²) in [7, 11) is 0. The minimum absolute atomic E-state index is 0.293. The van der Waals surface area contributed by atoms with Gasteiger partial charge in [0.1, 0.15) is 0 Å². The highest BCUT2D eigenvalue weighted by Crippen LogP contribution is 2.08. The fraction of sp³-hybridized carbons (Fsp3) is 0.846. The van der Waals surface area contributed by atoms with Gasteiger partial charge in [0.2, 0.25) is 0 Å². The topological polar surface area (TPSA) is 23.5 Å². The molecule has 0 amide bonds. The van der Waals surface area contributed by atoms with Crippen LogP contribution in [0.25, 0.3) is 0 Å². The van der Waals surface area contributed by atoms with Crippen LogP contribution in [0.15, 0.2) is 24.3 Å². The van der Waals surface area contributed by atoms with Crippen molar-refractivity contribution in [3.63, 3.8) is 0 Å². The van der Waals surface area contributed by atoms with Gasteiger partial charge in [-0.2, -0.15) is 0 Å². The first-order valence-corrected chi connectivity index (χ1v) is 12.5. The van der Waals surface area contributed by atoms with Crippen LogP contribution in [-0.2, 0) is 0 Å². The van der Waals surface area contributed by atoms with Crippen LogP contribution >= 0.6 is 0 Å². The molecule has 1 N–H and O–H groups in total. The molecule has 0 aromatic carbocycles. The van der Waals surface area contributed by atoms with Crippen molar-refractivity contribution in [2.75, 3.05) is 26.2 Å². The molecule has 28 heavy (non-hydrogen) atoms. The second kappa shape index (κ2) is 24.4. The summed E-state index contributed by atoms with van der Waals surface area (Å²) in [6.45, 7) is 7.96. The van der Waals surface area contributed by atoms with E-state index in [0.29, 0.717) is 6.61 Å². The summed E-state index contributed by atoms with van der Waals surface area (Å²) in [5, 5.41) is 9.30. The van der Waals surface area contributed by atoms with Crippen LogP contribution in [0.3, 0.4) is 0 Å². The van der Waals surface area contributed by atoms with Gasteiger partial charge in [-0.15, -0.1) is 0 Å². The van der Waals surface area contributed by atoms with E-state index in [-0.39, 0.29) is 0 Å². The average Bonchev–Trinajstić information content (AvgIpc) is 2.70. The molecule has 0 bridgehead atoms. The van der Waals surface area contributed by atoms with Crippen molar-refractivity contribution >= 4 is 0 Å². The maximum Gasteiger partial charge on any atom is 0.0558 e. The van der Waals surface area contributed by atoms with Crippen LogP contribution in [-0.4, -0.2) is 36.2 Å². The smallest absolute Gasteiger partial charge is 0.0558 e. The molecule has 0 fully saturated rings. The first kappa shape index (κ1) is 27.4. The molecule has 166 valence electrons. The molecule has 2 heteroatoms. The Hall–Kier alpha value is -0.600. The Balaban J connectivity index is 3.54. The fourth-order valence-corrected chi connectivity index (χ4v) is 3.52. The summed E-state index contributed by atoms with van der Waals surface area (Å²) in [6.07, 6.45) is 30.3. The molecule has 2 nitrogen and oxygen atoms in total. The van der Waals surface area contributed by atoms with Gasteiger partial charge in [0.25, 0.3) is 0 Å². The van der Waals surface area contributed by atoms with E-state index in [9.17, 15) is 5.11 Å². The molecule has 0 atom stereocenters. The molecule has 0 saturated heterocycles. The molecular formula is C26H51NO. The Morgan fingerprint density at radius 1 is 0.500 bits per heavy atom. The molecule has 0 aliphatic rings. The van der Waals surface area contributed by atoms with Gasteiger partial charge in [-0.1, -0.05) is 76.7 Å². The first-order chi connectivity index (χ1) is 13.8. The second-order valence-corrected chi connectivity index (χ2v) is 8.20. The molecular weight excluding hydrogens is 342 g/mol. The quantitative estimate of drug-likeness (QED) is 0.151. The summed E-state index contributed by atoms with van der Waals surface area (Å²) in [5.41, 5.74) is 0. The molecule has 0 aromatic rings. The van der Waals surface area contributed by atoms with Gasteiger partial charge in [-0.25, -0.2) is 0 Å². The molecule has 0 aliphatic carbocycles. The van der Waals surface area contributed by atoms with E-state index in [4.69, 9.17) is 0 Å². The highest BCUT2D eigenvalue weighted by atomic mass is 16.3.